The molecule has 0 amide bonds. The summed E-state index contributed by atoms with van der Waals surface area (Å²) >= 11 is 0. The van der Waals surface area contributed by atoms with Crippen LogP contribution in [0.5, 0.6) is 0 Å². The molecule has 0 radical (unpaired) electrons. The Morgan fingerprint density at radius 1 is 0.731 bits per heavy atom. The van der Waals surface area contributed by atoms with Gasteiger partial charge in [0.05, 0.1) is 12.4 Å². The van der Waals surface area contributed by atoms with Crippen LogP contribution in [0.3, 0.4) is 0 Å². The Bertz CT molecular complexity index is 808. The van der Waals surface area contributed by atoms with Crippen LogP contribution in [-0.2, 0) is 10.3 Å². The highest BCUT2D eigenvalue weighted by Gasteiger charge is 2.42. The fourth-order valence-electron chi connectivity index (χ4n) is 3.76. The quantitative estimate of drug-likeness (QED) is 0.565. The summed E-state index contributed by atoms with van der Waals surface area (Å²) in [5.41, 5.74) is 3.53. The maximum atomic E-state index is 11.3. The molecule has 0 atom stereocenters. The highest BCUT2D eigenvalue weighted by molar-refractivity contribution is 5.73. The van der Waals surface area contributed by atoms with E-state index in [2.05, 4.69) is 83.0 Å². The zero-order chi connectivity index (χ0) is 17.8. The normalized spacial score (nSPS) is 13.8. The van der Waals surface area contributed by atoms with E-state index in [1.54, 1.807) is 0 Å². The molecule has 0 saturated heterocycles. The van der Waals surface area contributed by atoms with Crippen LogP contribution >= 0.6 is 0 Å². The molecule has 1 heterocycles. The number of hydrogen-bond donors (Lipinski definition) is 1. The van der Waals surface area contributed by atoms with Crippen molar-refractivity contribution in [2.75, 3.05) is 6.67 Å². The lowest BCUT2D eigenvalue weighted by atomic mass is 9.76. The molecular formula is C23H20N2O. The Morgan fingerprint density at radius 3 is 1.50 bits per heavy atom. The molecule has 4 rings (SSSR count). The SMILES string of the molecule is O=CC1=CN(C(c2ccccc2)(c2ccccc2)c2ccccc2)CN1. The van der Waals surface area contributed by atoms with Gasteiger partial charge < -0.3 is 10.2 Å². The largest absolute Gasteiger partial charge is 0.364 e. The van der Waals surface area contributed by atoms with E-state index in [9.17, 15) is 4.79 Å². The molecule has 0 aromatic heterocycles. The maximum Gasteiger partial charge on any atom is 0.167 e. The topological polar surface area (TPSA) is 32.3 Å². The molecule has 128 valence electrons. The average Bonchev–Trinajstić information content (AvgIpc) is 3.21. The number of nitrogens with zero attached hydrogens (tertiary/aromatic N) is 1. The fourth-order valence-corrected chi connectivity index (χ4v) is 3.76. The summed E-state index contributed by atoms with van der Waals surface area (Å²) in [6.45, 7) is 0.562. The maximum absolute atomic E-state index is 11.3. The second kappa shape index (κ2) is 6.89. The molecule has 1 aliphatic rings. The van der Waals surface area contributed by atoms with Crippen LogP contribution in [-0.4, -0.2) is 17.9 Å². The van der Waals surface area contributed by atoms with Gasteiger partial charge in [-0.05, 0) is 16.7 Å². The molecule has 3 aromatic rings. The van der Waals surface area contributed by atoms with Crippen molar-refractivity contribution >= 4 is 6.29 Å². The van der Waals surface area contributed by atoms with E-state index >= 15 is 0 Å². The van der Waals surface area contributed by atoms with E-state index < -0.39 is 5.54 Å². The standard InChI is InChI=1S/C23H20N2O/c26-17-22-16-25(18-24-22)23(19-10-4-1-5-11-19,20-12-6-2-7-13-20)21-14-8-3-9-15-21/h1-17,24H,18H2. The van der Waals surface area contributed by atoms with E-state index in [0.717, 1.165) is 23.0 Å². The van der Waals surface area contributed by atoms with Crippen LogP contribution in [0.15, 0.2) is 103 Å². The molecule has 0 unspecified atom stereocenters. The van der Waals surface area contributed by atoms with Gasteiger partial charge in [0.2, 0.25) is 0 Å². The van der Waals surface area contributed by atoms with E-state index in [-0.39, 0.29) is 0 Å². The van der Waals surface area contributed by atoms with Crippen molar-refractivity contribution in [3.05, 3.63) is 120 Å². The minimum Gasteiger partial charge on any atom is -0.364 e. The Balaban J connectivity index is 2.04. The summed E-state index contributed by atoms with van der Waals surface area (Å²) in [6, 6.07) is 31.3. The molecule has 1 N–H and O–H groups in total. The van der Waals surface area contributed by atoms with Gasteiger partial charge in [0, 0.05) is 6.20 Å². The van der Waals surface area contributed by atoms with E-state index in [1.165, 1.54) is 0 Å². The van der Waals surface area contributed by atoms with Crippen molar-refractivity contribution in [2.24, 2.45) is 0 Å². The molecule has 0 bridgehead atoms. The second-order valence-corrected chi connectivity index (χ2v) is 6.32. The van der Waals surface area contributed by atoms with Crippen LogP contribution in [0.25, 0.3) is 0 Å². The molecule has 0 saturated carbocycles. The lowest BCUT2D eigenvalue weighted by Gasteiger charge is -2.43. The zero-order valence-corrected chi connectivity index (χ0v) is 14.4. The van der Waals surface area contributed by atoms with Gasteiger partial charge in [-0.3, -0.25) is 4.79 Å². The highest BCUT2D eigenvalue weighted by atomic mass is 16.1. The number of hydrogen-bond acceptors (Lipinski definition) is 3. The first-order valence-electron chi connectivity index (χ1n) is 8.70. The smallest absolute Gasteiger partial charge is 0.167 e. The predicted octanol–water partition coefficient (Wildman–Crippen LogP) is 3.88. The van der Waals surface area contributed by atoms with Gasteiger partial charge in [-0.25, -0.2) is 0 Å². The molecule has 26 heavy (non-hydrogen) atoms. The van der Waals surface area contributed by atoms with Gasteiger partial charge in [0.25, 0.3) is 0 Å². The molecule has 0 spiro atoms. The number of carbonyl (C=O) groups is 1. The Labute approximate surface area is 153 Å². The van der Waals surface area contributed by atoms with Gasteiger partial charge in [-0.1, -0.05) is 91.0 Å². The van der Waals surface area contributed by atoms with Gasteiger partial charge >= 0.3 is 0 Å². The van der Waals surface area contributed by atoms with Crippen molar-refractivity contribution in [3.63, 3.8) is 0 Å². The predicted molar refractivity (Wildman–Crippen MR) is 103 cm³/mol. The van der Waals surface area contributed by atoms with E-state index in [0.29, 0.717) is 12.4 Å². The van der Waals surface area contributed by atoms with Crippen molar-refractivity contribution in [1.29, 1.82) is 0 Å². The summed E-state index contributed by atoms with van der Waals surface area (Å²) in [7, 11) is 0. The third kappa shape index (κ3) is 2.58. The molecule has 3 aromatic carbocycles. The van der Waals surface area contributed by atoms with E-state index in [4.69, 9.17) is 0 Å². The molecule has 0 fully saturated rings. The number of nitrogens with one attached hydrogen (secondary N) is 1. The van der Waals surface area contributed by atoms with Crippen molar-refractivity contribution < 1.29 is 4.79 Å². The van der Waals surface area contributed by atoms with Gasteiger partial charge in [-0.2, -0.15) is 0 Å². The third-order valence-corrected chi connectivity index (χ3v) is 4.88. The van der Waals surface area contributed by atoms with Gasteiger partial charge in [0.1, 0.15) is 5.54 Å². The minimum absolute atomic E-state index is 0.526. The third-order valence-electron chi connectivity index (χ3n) is 4.88. The number of benzene rings is 3. The first-order chi connectivity index (χ1) is 12.9. The molecule has 3 heteroatoms. The summed E-state index contributed by atoms with van der Waals surface area (Å²) in [5, 5.41) is 3.19. The van der Waals surface area contributed by atoms with Crippen molar-refractivity contribution in [1.82, 2.24) is 10.2 Å². The van der Waals surface area contributed by atoms with E-state index in [1.807, 2.05) is 24.4 Å². The second-order valence-electron chi connectivity index (χ2n) is 6.32. The summed E-state index contributed by atoms with van der Waals surface area (Å²) in [5.74, 6) is 0. The van der Waals surface area contributed by atoms with Crippen molar-refractivity contribution in [3.8, 4) is 0 Å². The van der Waals surface area contributed by atoms with Crippen LogP contribution in [0.2, 0.25) is 0 Å². The van der Waals surface area contributed by atoms with Crippen LogP contribution in [0.1, 0.15) is 16.7 Å². The van der Waals surface area contributed by atoms with Crippen LogP contribution in [0.4, 0.5) is 0 Å². The van der Waals surface area contributed by atoms with Gasteiger partial charge in [0.15, 0.2) is 6.29 Å². The summed E-state index contributed by atoms with van der Waals surface area (Å²) < 4.78 is 0. The van der Waals surface area contributed by atoms with Crippen molar-refractivity contribution in [2.45, 2.75) is 5.54 Å². The minimum atomic E-state index is -0.526. The van der Waals surface area contributed by atoms with Crippen LogP contribution in [0, 0.1) is 0 Å². The highest BCUT2D eigenvalue weighted by Crippen LogP contribution is 2.43. The molecule has 0 aliphatic carbocycles. The molecule has 1 aliphatic heterocycles. The number of aldehydes is 1. The summed E-state index contributed by atoms with van der Waals surface area (Å²) in [4.78, 5) is 13.5. The average molecular weight is 340 g/mol. The number of allylic oxidation sites excluding steroid dienone is 1. The monoisotopic (exact) mass is 340 g/mol. The Morgan fingerprint density at radius 2 is 1.15 bits per heavy atom. The number of rotatable bonds is 5. The fraction of sp³-hybridized carbons (Fsp3) is 0.0870. The van der Waals surface area contributed by atoms with Gasteiger partial charge in [-0.15, -0.1) is 0 Å². The Kier molecular flexibility index (Phi) is 4.28. The zero-order valence-electron chi connectivity index (χ0n) is 14.4. The first-order valence-corrected chi connectivity index (χ1v) is 8.70. The summed E-state index contributed by atoms with van der Waals surface area (Å²) in [6.07, 6.45) is 2.78. The lowest BCUT2D eigenvalue weighted by molar-refractivity contribution is -0.105. The Hall–Kier alpha value is -3.33. The van der Waals surface area contributed by atoms with Crippen LogP contribution < -0.4 is 5.32 Å². The lowest BCUT2D eigenvalue weighted by Crippen LogP contribution is -2.45. The number of carbonyl (C=O) groups excluding carboxylic acids is 1. The molecule has 3 nitrogen and oxygen atoms in total. The molecular weight excluding hydrogens is 320 g/mol. The first kappa shape index (κ1) is 16.2.